The summed E-state index contributed by atoms with van der Waals surface area (Å²) in [4.78, 5) is 6.07. The average molecular weight is 360 g/mol. The minimum Gasteiger partial charge on any atom is -0.406 e. The molecule has 0 saturated heterocycles. The predicted molar refractivity (Wildman–Crippen MR) is 101 cm³/mol. The van der Waals surface area contributed by atoms with Crippen molar-refractivity contribution in [2.45, 2.75) is 24.7 Å². The van der Waals surface area contributed by atoms with E-state index in [1.807, 2.05) is 44.4 Å². The first-order valence-corrected chi connectivity index (χ1v) is 9.64. The van der Waals surface area contributed by atoms with Crippen LogP contribution in [0.1, 0.15) is 30.9 Å². The van der Waals surface area contributed by atoms with Gasteiger partial charge in [0.25, 0.3) is 0 Å². The fraction of sp³-hybridized carbons (Fsp3) is 0.263. The summed E-state index contributed by atoms with van der Waals surface area (Å²) in [6, 6.07) is 16.5. The van der Waals surface area contributed by atoms with Gasteiger partial charge in [-0.25, -0.2) is 13.6 Å². The summed E-state index contributed by atoms with van der Waals surface area (Å²) in [7, 11) is -0.0446. The minimum absolute atomic E-state index is 0.0990. The van der Waals surface area contributed by atoms with Crippen molar-refractivity contribution in [3.05, 3.63) is 65.7 Å². The molecule has 25 heavy (non-hydrogen) atoms. The number of primary sulfonamides is 1. The standard InChI is InChI=1S/C19H24N2O3S/c1-4-8-18(15-11-13-17(14-12-15)25(20,22)23)19(24-21(2)3)16-9-6-5-7-10-16/h5-7,9-14H,4,8H2,1-3H3,(H2,20,22,23)/b19-18+. The summed E-state index contributed by atoms with van der Waals surface area (Å²) in [5, 5.41) is 6.84. The second kappa shape index (κ2) is 8.29. The fourth-order valence-electron chi connectivity index (χ4n) is 2.54. The second-order valence-corrected chi connectivity index (χ2v) is 7.46. The number of nitrogens with zero attached hydrogens (tertiary/aromatic N) is 1. The molecule has 5 nitrogen and oxygen atoms in total. The largest absolute Gasteiger partial charge is 0.406 e. The SMILES string of the molecule is CCC/C(=C(\ON(C)C)c1ccccc1)c1ccc(S(N)(=O)=O)cc1. The van der Waals surface area contributed by atoms with Crippen LogP contribution in [0.4, 0.5) is 0 Å². The van der Waals surface area contributed by atoms with Gasteiger partial charge in [-0.1, -0.05) is 55.8 Å². The van der Waals surface area contributed by atoms with Crippen LogP contribution in [0.25, 0.3) is 11.3 Å². The third-order valence-electron chi connectivity index (χ3n) is 3.62. The van der Waals surface area contributed by atoms with E-state index in [9.17, 15) is 8.42 Å². The molecule has 2 aromatic rings. The molecule has 0 aliphatic rings. The Bertz CT molecular complexity index is 827. The van der Waals surface area contributed by atoms with Crippen molar-refractivity contribution < 1.29 is 13.3 Å². The summed E-state index contributed by atoms with van der Waals surface area (Å²) in [5.74, 6) is 0.760. The highest BCUT2D eigenvalue weighted by Crippen LogP contribution is 2.31. The maximum Gasteiger partial charge on any atom is 0.238 e. The van der Waals surface area contributed by atoms with Crippen LogP contribution in [0.5, 0.6) is 0 Å². The van der Waals surface area contributed by atoms with Crippen LogP contribution in [0, 0.1) is 0 Å². The number of sulfonamides is 1. The second-order valence-electron chi connectivity index (χ2n) is 5.90. The highest BCUT2D eigenvalue weighted by atomic mass is 32.2. The van der Waals surface area contributed by atoms with E-state index in [-0.39, 0.29) is 4.90 Å². The number of hydroxylamine groups is 2. The summed E-state index contributed by atoms with van der Waals surface area (Å²) >= 11 is 0. The van der Waals surface area contributed by atoms with Gasteiger partial charge in [0.15, 0.2) is 5.76 Å². The van der Waals surface area contributed by atoms with Gasteiger partial charge in [0.2, 0.25) is 10.0 Å². The van der Waals surface area contributed by atoms with Gasteiger partial charge < -0.3 is 4.84 Å². The molecular weight excluding hydrogens is 336 g/mol. The number of allylic oxidation sites excluding steroid dienone is 1. The number of benzene rings is 2. The molecule has 0 unspecified atom stereocenters. The number of hydrogen-bond donors (Lipinski definition) is 1. The van der Waals surface area contributed by atoms with Crippen molar-refractivity contribution in [1.82, 2.24) is 5.06 Å². The molecule has 0 aliphatic carbocycles. The smallest absolute Gasteiger partial charge is 0.238 e. The van der Waals surface area contributed by atoms with E-state index in [1.54, 1.807) is 17.2 Å². The predicted octanol–water partition coefficient (Wildman–Crippen LogP) is 3.50. The minimum atomic E-state index is -3.70. The Kier molecular flexibility index (Phi) is 6.36. The first-order valence-electron chi connectivity index (χ1n) is 8.10. The van der Waals surface area contributed by atoms with Gasteiger partial charge in [-0.2, -0.15) is 5.06 Å². The van der Waals surface area contributed by atoms with Crippen molar-refractivity contribution in [3.8, 4) is 0 Å². The number of hydrogen-bond acceptors (Lipinski definition) is 4. The van der Waals surface area contributed by atoms with E-state index >= 15 is 0 Å². The monoisotopic (exact) mass is 360 g/mol. The molecule has 6 heteroatoms. The number of rotatable bonds is 7. The molecule has 2 rings (SSSR count). The molecule has 0 aliphatic heterocycles. The third kappa shape index (κ3) is 5.16. The average Bonchev–Trinajstić information content (AvgIpc) is 2.58. The van der Waals surface area contributed by atoms with Gasteiger partial charge in [-0.05, 0) is 24.1 Å². The Morgan fingerprint density at radius 2 is 1.60 bits per heavy atom. The zero-order valence-corrected chi connectivity index (χ0v) is 15.6. The zero-order valence-electron chi connectivity index (χ0n) is 14.8. The van der Waals surface area contributed by atoms with Crippen molar-refractivity contribution in [2.75, 3.05) is 14.1 Å². The Balaban J connectivity index is 2.59. The highest BCUT2D eigenvalue weighted by molar-refractivity contribution is 7.89. The van der Waals surface area contributed by atoms with Crippen LogP contribution >= 0.6 is 0 Å². The lowest BCUT2D eigenvalue weighted by Crippen LogP contribution is -2.13. The molecule has 2 aromatic carbocycles. The highest BCUT2D eigenvalue weighted by Gasteiger charge is 2.15. The first kappa shape index (κ1) is 19.2. The summed E-state index contributed by atoms with van der Waals surface area (Å²) in [6.07, 6.45) is 1.73. The van der Waals surface area contributed by atoms with Gasteiger partial charge >= 0.3 is 0 Å². The van der Waals surface area contributed by atoms with E-state index in [4.69, 9.17) is 9.98 Å². The van der Waals surface area contributed by atoms with Gasteiger partial charge in [-0.3, -0.25) is 0 Å². The quantitative estimate of drug-likeness (QED) is 0.466. The Morgan fingerprint density at radius 1 is 1.00 bits per heavy atom. The molecule has 0 aromatic heterocycles. The topological polar surface area (TPSA) is 72.6 Å². The van der Waals surface area contributed by atoms with Crippen LogP contribution < -0.4 is 5.14 Å². The van der Waals surface area contributed by atoms with Crippen LogP contribution in [0.2, 0.25) is 0 Å². The van der Waals surface area contributed by atoms with E-state index < -0.39 is 10.0 Å². The molecule has 0 atom stereocenters. The number of nitrogens with two attached hydrogens (primary N) is 1. The molecule has 0 fully saturated rings. The van der Waals surface area contributed by atoms with Crippen LogP contribution in [-0.2, 0) is 14.9 Å². The van der Waals surface area contributed by atoms with Gasteiger partial charge in [0, 0.05) is 25.2 Å². The van der Waals surface area contributed by atoms with E-state index in [2.05, 4.69) is 6.92 Å². The van der Waals surface area contributed by atoms with E-state index in [1.165, 1.54) is 12.1 Å². The maximum absolute atomic E-state index is 11.5. The fourth-order valence-corrected chi connectivity index (χ4v) is 3.05. The lowest BCUT2D eigenvalue weighted by Gasteiger charge is -2.20. The van der Waals surface area contributed by atoms with Crippen molar-refractivity contribution in [2.24, 2.45) is 5.14 Å². The van der Waals surface area contributed by atoms with Crippen LogP contribution in [0.15, 0.2) is 59.5 Å². The molecular formula is C19H24N2O3S. The van der Waals surface area contributed by atoms with Gasteiger partial charge in [0.1, 0.15) is 0 Å². The van der Waals surface area contributed by atoms with E-state index in [0.29, 0.717) is 0 Å². The normalized spacial score (nSPS) is 12.8. The lowest BCUT2D eigenvalue weighted by molar-refractivity contribution is -0.0354. The first-order chi connectivity index (χ1) is 11.8. The van der Waals surface area contributed by atoms with Crippen LogP contribution in [-0.4, -0.2) is 27.6 Å². The van der Waals surface area contributed by atoms with Crippen molar-refractivity contribution in [3.63, 3.8) is 0 Å². The van der Waals surface area contributed by atoms with Gasteiger partial charge in [-0.15, -0.1) is 0 Å². The molecule has 2 N–H and O–H groups in total. The molecule has 0 saturated carbocycles. The van der Waals surface area contributed by atoms with E-state index in [0.717, 1.165) is 35.3 Å². The summed E-state index contributed by atoms with van der Waals surface area (Å²) < 4.78 is 22.9. The summed E-state index contributed by atoms with van der Waals surface area (Å²) in [6.45, 7) is 2.09. The van der Waals surface area contributed by atoms with Crippen LogP contribution in [0.3, 0.4) is 0 Å². The Labute approximate surface area is 149 Å². The molecule has 0 radical (unpaired) electrons. The zero-order chi connectivity index (χ0) is 18.4. The van der Waals surface area contributed by atoms with Crippen molar-refractivity contribution in [1.29, 1.82) is 0 Å². The molecule has 0 bridgehead atoms. The molecule has 0 spiro atoms. The molecule has 0 heterocycles. The molecule has 134 valence electrons. The van der Waals surface area contributed by atoms with Crippen molar-refractivity contribution >= 4 is 21.4 Å². The molecule has 0 amide bonds. The third-order valence-corrected chi connectivity index (χ3v) is 4.54. The Hall–Kier alpha value is -2.15. The maximum atomic E-state index is 11.5. The Morgan fingerprint density at radius 3 is 2.08 bits per heavy atom. The van der Waals surface area contributed by atoms with Gasteiger partial charge in [0.05, 0.1) is 4.90 Å². The summed E-state index contributed by atoms with van der Waals surface area (Å²) in [5.41, 5.74) is 2.90. The lowest BCUT2D eigenvalue weighted by atomic mass is 9.97.